The Bertz CT molecular complexity index is 151. The predicted octanol–water partition coefficient (Wildman–Crippen LogP) is 1.81. The molecule has 0 aromatic heterocycles. The van der Waals surface area contributed by atoms with Crippen molar-refractivity contribution in [2.45, 2.75) is 10.9 Å². The predicted molar refractivity (Wildman–Crippen MR) is 43.6 cm³/mol. The minimum Gasteiger partial charge on any atom is -0.302 e. The normalized spacial score (nSPS) is 33.1. The van der Waals surface area contributed by atoms with Gasteiger partial charge in [0.1, 0.15) is 0 Å². The summed E-state index contributed by atoms with van der Waals surface area (Å²) in [4.78, 5) is 0. The molecule has 1 atom stereocenters. The van der Waals surface area contributed by atoms with E-state index in [4.69, 9.17) is 0 Å². The van der Waals surface area contributed by atoms with Crippen molar-refractivity contribution in [3.8, 4) is 0 Å². The van der Waals surface area contributed by atoms with Gasteiger partial charge in [-0.15, -0.1) is 0 Å². The molecule has 50 valence electrons. The van der Waals surface area contributed by atoms with Gasteiger partial charge in [-0.3, -0.25) is 0 Å². The van der Waals surface area contributed by atoms with Gasteiger partial charge in [-0.05, 0) is 13.5 Å². The first kappa shape index (κ1) is 7.03. The smallest absolute Gasteiger partial charge is 0.0962 e. The molecule has 1 aliphatic rings. The van der Waals surface area contributed by atoms with E-state index in [1.54, 1.807) is 0 Å². The van der Waals surface area contributed by atoms with Crippen molar-refractivity contribution >= 4 is 15.9 Å². The largest absolute Gasteiger partial charge is 0.302 e. The maximum absolute atomic E-state index is 3.55. The second-order valence-electron chi connectivity index (χ2n) is 2.10. The Morgan fingerprint density at radius 2 is 2.33 bits per heavy atom. The fourth-order valence-corrected chi connectivity index (χ4v) is 1.12. The van der Waals surface area contributed by atoms with E-state index in [9.17, 15) is 0 Å². The summed E-state index contributed by atoms with van der Waals surface area (Å²) in [6, 6.07) is 0. The zero-order valence-electron chi connectivity index (χ0n) is 5.39. The number of halogens is 1. The van der Waals surface area contributed by atoms with Gasteiger partial charge in [-0.25, -0.2) is 0 Å². The highest BCUT2D eigenvalue weighted by atomic mass is 79.9. The molecule has 0 fully saturated rings. The third-order valence-corrected chi connectivity index (χ3v) is 2.42. The van der Waals surface area contributed by atoms with Crippen molar-refractivity contribution in [3.63, 3.8) is 0 Å². The molecular weight excluding hydrogens is 178 g/mol. The van der Waals surface area contributed by atoms with Crippen molar-refractivity contribution in [2.75, 3.05) is 7.05 Å². The number of alkyl halides is 1. The van der Waals surface area contributed by atoms with Crippen LogP contribution >= 0.6 is 15.9 Å². The lowest BCUT2D eigenvalue weighted by molar-refractivity contribution is 0.630. The van der Waals surface area contributed by atoms with Crippen LogP contribution in [0.1, 0.15) is 6.42 Å². The van der Waals surface area contributed by atoms with Gasteiger partial charge in [0.05, 0.1) is 4.45 Å². The van der Waals surface area contributed by atoms with Crippen molar-refractivity contribution < 1.29 is 0 Å². The average molecular weight is 188 g/mol. The fraction of sp³-hybridized carbons (Fsp3) is 0.429. The lowest BCUT2D eigenvalue weighted by atomic mass is 10.1. The Morgan fingerprint density at radius 1 is 1.56 bits per heavy atom. The van der Waals surface area contributed by atoms with Crippen LogP contribution in [0.5, 0.6) is 0 Å². The molecule has 0 aliphatic heterocycles. The van der Waals surface area contributed by atoms with E-state index < -0.39 is 0 Å². The standard InChI is InChI=1S/C7H10BrN/c1-9-7(8)5-3-2-4-6-7/h2-5,9H,6H2,1H3. The van der Waals surface area contributed by atoms with Crippen LogP contribution in [0.3, 0.4) is 0 Å². The zero-order chi connectivity index (χ0) is 6.74. The number of allylic oxidation sites excluding steroid dienone is 2. The summed E-state index contributed by atoms with van der Waals surface area (Å²) in [6.45, 7) is 0. The fourth-order valence-electron chi connectivity index (χ4n) is 0.780. The van der Waals surface area contributed by atoms with Crippen LogP contribution in [0, 0.1) is 0 Å². The van der Waals surface area contributed by atoms with Crippen molar-refractivity contribution in [3.05, 3.63) is 24.3 Å². The minimum atomic E-state index is 0.0156. The van der Waals surface area contributed by atoms with Gasteiger partial charge in [0.15, 0.2) is 0 Å². The molecule has 1 unspecified atom stereocenters. The Kier molecular flexibility index (Phi) is 2.09. The third-order valence-electron chi connectivity index (χ3n) is 1.44. The van der Waals surface area contributed by atoms with Gasteiger partial charge in [0.25, 0.3) is 0 Å². The quantitative estimate of drug-likeness (QED) is 0.488. The number of nitrogens with one attached hydrogen (secondary N) is 1. The van der Waals surface area contributed by atoms with Crippen LogP contribution in [-0.2, 0) is 0 Å². The molecule has 0 spiro atoms. The maximum Gasteiger partial charge on any atom is 0.0962 e. The minimum absolute atomic E-state index is 0.0156. The Labute approximate surface area is 64.0 Å². The highest BCUT2D eigenvalue weighted by Gasteiger charge is 2.19. The molecule has 9 heavy (non-hydrogen) atoms. The molecule has 0 radical (unpaired) electrons. The van der Waals surface area contributed by atoms with Gasteiger partial charge in [-0.1, -0.05) is 40.2 Å². The number of rotatable bonds is 1. The molecule has 0 saturated heterocycles. The Hall–Kier alpha value is -0.0800. The lowest BCUT2D eigenvalue weighted by Gasteiger charge is -2.22. The van der Waals surface area contributed by atoms with Crippen LogP contribution < -0.4 is 5.32 Å². The molecule has 1 nitrogen and oxygen atoms in total. The summed E-state index contributed by atoms with van der Waals surface area (Å²) < 4.78 is 0.0156. The van der Waals surface area contributed by atoms with Crippen LogP contribution in [-0.4, -0.2) is 11.5 Å². The van der Waals surface area contributed by atoms with E-state index in [-0.39, 0.29) is 4.45 Å². The molecule has 0 aromatic carbocycles. The van der Waals surface area contributed by atoms with E-state index in [0.717, 1.165) is 6.42 Å². The van der Waals surface area contributed by atoms with E-state index >= 15 is 0 Å². The van der Waals surface area contributed by atoms with Crippen LogP contribution in [0.25, 0.3) is 0 Å². The van der Waals surface area contributed by atoms with E-state index in [1.165, 1.54) is 0 Å². The summed E-state index contributed by atoms with van der Waals surface area (Å²) in [7, 11) is 1.94. The first-order valence-electron chi connectivity index (χ1n) is 2.99. The number of hydrogen-bond acceptors (Lipinski definition) is 1. The first-order valence-corrected chi connectivity index (χ1v) is 3.78. The summed E-state index contributed by atoms with van der Waals surface area (Å²) in [5.41, 5.74) is 0. The molecule has 0 amide bonds. The second-order valence-corrected chi connectivity index (χ2v) is 3.52. The molecular formula is C7H10BrN. The Morgan fingerprint density at radius 3 is 2.67 bits per heavy atom. The van der Waals surface area contributed by atoms with Gasteiger partial charge >= 0.3 is 0 Å². The summed E-state index contributed by atoms with van der Waals surface area (Å²) in [5.74, 6) is 0. The summed E-state index contributed by atoms with van der Waals surface area (Å²) in [5, 5.41) is 3.16. The molecule has 0 heterocycles. The molecule has 1 aliphatic carbocycles. The molecule has 0 bridgehead atoms. The summed E-state index contributed by atoms with van der Waals surface area (Å²) >= 11 is 3.55. The zero-order valence-corrected chi connectivity index (χ0v) is 6.98. The molecule has 0 aromatic rings. The molecule has 1 N–H and O–H groups in total. The Balaban J connectivity index is 2.63. The van der Waals surface area contributed by atoms with Gasteiger partial charge in [0.2, 0.25) is 0 Å². The monoisotopic (exact) mass is 187 g/mol. The summed E-state index contributed by atoms with van der Waals surface area (Å²) in [6.07, 6.45) is 9.34. The van der Waals surface area contributed by atoms with Crippen molar-refractivity contribution in [2.24, 2.45) is 0 Å². The van der Waals surface area contributed by atoms with Crippen LogP contribution in [0.15, 0.2) is 24.3 Å². The molecule has 0 saturated carbocycles. The number of likely N-dealkylation sites (N-methyl/N-ethyl adjacent to an activating group) is 1. The molecule has 1 rings (SSSR count). The number of hydrogen-bond donors (Lipinski definition) is 1. The average Bonchev–Trinajstić information content (AvgIpc) is 1.90. The van der Waals surface area contributed by atoms with Crippen LogP contribution in [0.4, 0.5) is 0 Å². The van der Waals surface area contributed by atoms with Gasteiger partial charge in [-0.2, -0.15) is 0 Å². The van der Waals surface area contributed by atoms with Gasteiger partial charge < -0.3 is 5.32 Å². The topological polar surface area (TPSA) is 12.0 Å². The van der Waals surface area contributed by atoms with E-state index in [2.05, 4.69) is 39.5 Å². The van der Waals surface area contributed by atoms with E-state index in [0.29, 0.717) is 0 Å². The molecule has 2 heteroatoms. The van der Waals surface area contributed by atoms with E-state index in [1.807, 2.05) is 13.1 Å². The van der Waals surface area contributed by atoms with Crippen LogP contribution in [0.2, 0.25) is 0 Å². The maximum atomic E-state index is 3.55. The highest BCUT2D eigenvalue weighted by Crippen LogP contribution is 2.23. The van der Waals surface area contributed by atoms with Gasteiger partial charge in [0, 0.05) is 0 Å². The highest BCUT2D eigenvalue weighted by molar-refractivity contribution is 9.10. The second kappa shape index (κ2) is 2.67. The van der Waals surface area contributed by atoms with Crippen molar-refractivity contribution in [1.82, 2.24) is 5.32 Å². The first-order chi connectivity index (χ1) is 4.27. The SMILES string of the molecule is CNC1(Br)C=CC=CC1. The van der Waals surface area contributed by atoms with Crippen molar-refractivity contribution in [1.29, 1.82) is 0 Å². The lowest BCUT2D eigenvalue weighted by Crippen LogP contribution is -2.34. The third kappa shape index (κ3) is 1.66.